The number of aliphatic hydroxyl groups excluding tert-OH is 1. The zero-order chi connectivity index (χ0) is 21.8. The summed E-state index contributed by atoms with van der Waals surface area (Å²) >= 11 is 0. The van der Waals surface area contributed by atoms with Crippen LogP contribution in [0.3, 0.4) is 0 Å². The quantitative estimate of drug-likeness (QED) is 0.429. The first-order valence-corrected chi connectivity index (χ1v) is 9.48. The van der Waals surface area contributed by atoms with Crippen LogP contribution in [-0.2, 0) is 14.3 Å². The molecular weight excluding hydrogens is 394 g/mol. The predicted octanol–water partition coefficient (Wildman–Crippen LogP) is 0.0635. The Morgan fingerprint density at radius 1 is 1.47 bits per heavy atom. The SMILES string of the molecule is CC(C)C(=O)OCC1OC(n2cc3c(N)cc4c(=O)[nH]ncc(n2)c34)C(C)(O)C1O. The molecule has 4 rings (SSSR count). The highest BCUT2D eigenvalue weighted by Crippen LogP contribution is 2.39. The van der Waals surface area contributed by atoms with Gasteiger partial charge in [-0.15, -0.1) is 0 Å². The van der Waals surface area contributed by atoms with Crippen LogP contribution in [0.15, 0.2) is 23.3 Å². The molecule has 5 N–H and O–H groups in total. The van der Waals surface area contributed by atoms with Crippen LogP contribution < -0.4 is 11.3 Å². The number of nitrogens with two attached hydrogens (primary N) is 1. The van der Waals surface area contributed by atoms with Crippen molar-refractivity contribution in [1.82, 2.24) is 20.0 Å². The Bertz CT molecular complexity index is 1180. The van der Waals surface area contributed by atoms with Crippen molar-refractivity contribution in [3.05, 3.63) is 28.8 Å². The summed E-state index contributed by atoms with van der Waals surface area (Å²) in [5, 5.41) is 33.6. The molecule has 3 heterocycles. The van der Waals surface area contributed by atoms with Gasteiger partial charge in [-0.3, -0.25) is 9.59 Å². The van der Waals surface area contributed by atoms with Crippen LogP contribution >= 0.6 is 0 Å². The summed E-state index contributed by atoms with van der Waals surface area (Å²) in [7, 11) is 0. The van der Waals surface area contributed by atoms with Gasteiger partial charge >= 0.3 is 5.97 Å². The fourth-order valence-corrected chi connectivity index (χ4v) is 3.64. The number of nitrogen functional groups attached to an aromatic ring is 1. The predicted molar refractivity (Wildman–Crippen MR) is 106 cm³/mol. The van der Waals surface area contributed by atoms with Gasteiger partial charge in [-0.25, -0.2) is 9.78 Å². The summed E-state index contributed by atoms with van der Waals surface area (Å²) in [6.07, 6.45) is -0.487. The van der Waals surface area contributed by atoms with Crippen LogP contribution in [0.25, 0.3) is 21.7 Å². The van der Waals surface area contributed by atoms with Gasteiger partial charge in [-0.2, -0.15) is 10.2 Å². The smallest absolute Gasteiger partial charge is 0.308 e. The van der Waals surface area contributed by atoms with E-state index >= 15 is 0 Å². The molecule has 4 unspecified atom stereocenters. The molecule has 1 saturated heterocycles. The summed E-state index contributed by atoms with van der Waals surface area (Å²) in [5.74, 6) is -0.771. The van der Waals surface area contributed by atoms with Crippen molar-refractivity contribution in [2.75, 3.05) is 12.3 Å². The van der Waals surface area contributed by atoms with E-state index in [9.17, 15) is 19.8 Å². The van der Waals surface area contributed by atoms with Crippen molar-refractivity contribution in [3.63, 3.8) is 0 Å². The first-order chi connectivity index (χ1) is 14.1. The number of nitrogens with one attached hydrogen (secondary N) is 1. The highest BCUT2D eigenvalue weighted by atomic mass is 16.6. The molecule has 1 aliphatic heterocycles. The zero-order valence-electron chi connectivity index (χ0n) is 16.7. The second-order valence-electron chi connectivity index (χ2n) is 7.98. The molecule has 1 aromatic carbocycles. The fourth-order valence-electron chi connectivity index (χ4n) is 3.64. The molecular formula is C19H23N5O6. The van der Waals surface area contributed by atoms with E-state index in [0.29, 0.717) is 27.4 Å². The molecule has 0 amide bonds. The van der Waals surface area contributed by atoms with Gasteiger partial charge < -0.3 is 25.4 Å². The summed E-state index contributed by atoms with van der Waals surface area (Å²) in [6.45, 7) is 4.57. The lowest BCUT2D eigenvalue weighted by atomic mass is 9.96. The molecule has 0 bridgehead atoms. The van der Waals surface area contributed by atoms with Crippen molar-refractivity contribution >= 4 is 33.3 Å². The number of aliphatic hydroxyl groups is 2. The third-order valence-corrected chi connectivity index (χ3v) is 5.34. The standard InChI is InChI=1S/C19H23N5O6/c1-8(2)17(27)29-7-13-15(25)19(3,28)18(30-13)24-6-10-11(20)4-9-14(10)12(23-24)5-21-22-16(9)26/h4-6,8,13,15,18,25,28H,7,20H2,1-3H3,(H,22,26). The van der Waals surface area contributed by atoms with E-state index < -0.39 is 35.6 Å². The molecule has 30 heavy (non-hydrogen) atoms. The van der Waals surface area contributed by atoms with Gasteiger partial charge in [0.25, 0.3) is 5.56 Å². The minimum absolute atomic E-state index is 0.219. The number of anilines is 1. The third kappa shape index (κ3) is 3.11. The highest BCUT2D eigenvalue weighted by Gasteiger charge is 2.53. The first-order valence-electron chi connectivity index (χ1n) is 9.48. The maximum Gasteiger partial charge on any atom is 0.308 e. The summed E-state index contributed by atoms with van der Waals surface area (Å²) in [6, 6.07) is 1.53. The number of hydrogen-bond acceptors (Lipinski definition) is 9. The van der Waals surface area contributed by atoms with Crippen molar-refractivity contribution in [3.8, 4) is 0 Å². The molecule has 1 aliphatic rings. The monoisotopic (exact) mass is 417 g/mol. The maximum atomic E-state index is 12.2. The normalized spacial score (nSPS) is 26.7. The molecule has 0 radical (unpaired) electrons. The molecule has 0 spiro atoms. The average molecular weight is 417 g/mol. The summed E-state index contributed by atoms with van der Waals surface area (Å²) in [5.41, 5.74) is 4.64. The first kappa shape index (κ1) is 20.3. The molecule has 3 aromatic rings. The van der Waals surface area contributed by atoms with Gasteiger partial charge in [-0.05, 0) is 13.0 Å². The Balaban J connectivity index is 1.75. The molecule has 4 atom stereocenters. The van der Waals surface area contributed by atoms with E-state index in [1.165, 1.54) is 23.9 Å². The second-order valence-corrected chi connectivity index (χ2v) is 7.98. The van der Waals surface area contributed by atoms with E-state index in [-0.39, 0.29) is 12.5 Å². The van der Waals surface area contributed by atoms with Gasteiger partial charge in [0.1, 0.15) is 29.9 Å². The minimum Gasteiger partial charge on any atom is -0.463 e. The molecule has 1 fully saturated rings. The number of H-pyrrole nitrogens is 1. The number of nitrogens with zero attached hydrogens (tertiary/aromatic N) is 3. The number of carbonyl (C=O) groups excluding carboxylic acids is 1. The number of hydrogen-bond donors (Lipinski definition) is 4. The summed E-state index contributed by atoms with van der Waals surface area (Å²) < 4.78 is 12.3. The Labute approximate surface area is 170 Å². The van der Waals surface area contributed by atoms with Crippen LogP contribution in [0.1, 0.15) is 27.0 Å². The Hall–Kier alpha value is -3.02. The topological polar surface area (TPSA) is 166 Å². The van der Waals surface area contributed by atoms with Crippen LogP contribution in [-0.4, -0.2) is 60.6 Å². The second kappa shape index (κ2) is 7.04. The van der Waals surface area contributed by atoms with Gasteiger partial charge in [0.15, 0.2) is 6.23 Å². The lowest BCUT2D eigenvalue weighted by Gasteiger charge is -2.27. The Morgan fingerprint density at radius 3 is 2.90 bits per heavy atom. The van der Waals surface area contributed by atoms with Gasteiger partial charge in [0.2, 0.25) is 0 Å². The van der Waals surface area contributed by atoms with Crippen LogP contribution in [0.5, 0.6) is 0 Å². The lowest BCUT2D eigenvalue weighted by molar-refractivity contribution is -0.153. The third-order valence-electron chi connectivity index (χ3n) is 5.34. The highest BCUT2D eigenvalue weighted by molar-refractivity contribution is 6.14. The van der Waals surface area contributed by atoms with Crippen molar-refractivity contribution in [2.24, 2.45) is 5.92 Å². The van der Waals surface area contributed by atoms with Crippen LogP contribution in [0.4, 0.5) is 5.69 Å². The lowest BCUT2D eigenvalue weighted by Crippen LogP contribution is -2.45. The molecule has 2 aromatic heterocycles. The van der Waals surface area contributed by atoms with E-state index in [1.54, 1.807) is 20.0 Å². The molecule has 0 saturated carbocycles. The number of aromatic nitrogens is 4. The number of ether oxygens (including phenoxy) is 2. The van der Waals surface area contributed by atoms with Gasteiger partial charge in [0, 0.05) is 22.7 Å². The van der Waals surface area contributed by atoms with E-state index in [2.05, 4.69) is 15.3 Å². The molecule has 11 nitrogen and oxygen atoms in total. The van der Waals surface area contributed by atoms with Crippen molar-refractivity contribution in [1.29, 1.82) is 0 Å². The number of esters is 1. The summed E-state index contributed by atoms with van der Waals surface area (Å²) in [4.78, 5) is 23.9. The van der Waals surface area contributed by atoms with Crippen LogP contribution in [0.2, 0.25) is 0 Å². The van der Waals surface area contributed by atoms with Crippen molar-refractivity contribution < 1.29 is 24.5 Å². The largest absolute Gasteiger partial charge is 0.463 e. The number of aromatic amines is 1. The van der Waals surface area contributed by atoms with Gasteiger partial charge in [-0.1, -0.05) is 13.8 Å². The van der Waals surface area contributed by atoms with E-state index in [4.69, 9.17) is 15.2 Å². The zero-order valence-corrected chi connectivity index (χ0v) is 16.7. The Morgan fingerprint density at radius 2 is 2.20 bits per heavy atom. The van der Waals surface area contributed by atoms with E-state index in [0.717, 1.165) is 0 Å². The molecule has 160 valence electrons. The maximum absolute atomic E-state index is 12.2. The van der Waals surface area contributed by atoms with E-state index in [1.807, 2.05) is 0 Å². The van der Waals surface area contributed by atoms with Crippen LogP contribution in [0, 0.1) is 5.92 Å². The molecule has 0 aliphatic carbocycles. The average Bonchev–Trinajstić information content (AvgIpc) is 3.07. The number of rotatable bonds is 4. The van der Waals surface area contributed by atoms with Gasteiger partial charge in [0.05, 0.1) is 17.5 Å². The van der Waals surface area contributed by atoms with Crippen molar-refractivity contribution in [2.45, 2.75) is 44.8 Å². The minimum atomic E-state index is -1.74. The number of carbonyl (C=O) groups is 1. The molecule has 11 heteroatoms. The Kier molecular flexibility index (Phi) is 4.76. The fraction of sp³-hybridized carbons (Fsp3) is 0.474.